The minimum atomic E-state index is -3.60. The van der Waals surface area contributed by atoms with E-state index in [1.807, 2.05) is 0 Å². The predicted octanol–water partition coefficient (Wildman–Crippen LogP) is 8.21. The van der Waals surface area contributed by atoms with Gasteiger partial charge in [0.15, 0.2) is 26.0 Å². The molecule has 10 nitrogen and oxygen atoms in total. The quantitative estimate of drug-likeness (QED) is 0.0446. The number of aliphatic hydroxyl groups excluding tert-OH is 4. The van der Waals surface area contributed by atoms with E-state index in [2.05, 4.69) is 13.8 Å². The zero-order chi connectivity index (χ0) is 39.9. The number of hydrogen-bond donors (Lipinski definition) is 4. The van der Waals surface area contributed by atoms with E-state index in [4.69, 9.17) is 9.47 Å². The minimum Gasteiger partial charge on any atom is -0.394 e. The SMILES string of the molecule is CCCCCCCCCCCCCCCCS(=O)(=O)CC(CO[C@H]1O[C@H](CO)[C@H](O)[C@H](O)[C@H]1O)CS(=O)(=O)CCCCCCCCCCCCCCCC. The van der Waals surface area contributed by atoms with Gasteiger partial charge in [0.05, 0.1) is 36.2 Å². The third-order valence-electron chi connectivity index (χ3n) is 10.9. The van der Waals surface area contributed by atoms with Gasteiger partial charge in [-0.25, -0.2) is 16.8 Å². The summed E-state index contributed by atoms with van der Waals surface area (Å²) in [7, 11) is -7.20. The van der Waals surface area contributed by atoms with Gasteiger partial charge in [-0.05, 0) is 12.8 Å². The van der Waals surface area contributed by atoms with E-state index in [0.717, 1.165) is 51.4 Å². The summed E-state index contributed by atoms with van der Waals surface area (Å²) >= 11 is 0. The van der Waals surface area contributed by atoms with E-state index >= 15 is 0 Å². The molecule has 0 saturated carbocycles. The number of sulfone groups is 2. The molecule has 0 aromatic rings. The maximum Gasteiger partial charge on any atom is 0.186 e. The molecule has 1 rings (SSSR count). The molecule has 1 saturated heterocycles. The number of aliphatic hydroxyl groups is 4. The van der Waals surface area contributed by atoms with Crippen molar-refractivity contribution in [2.75, 3.05) is 36.2 Å². The van der Waals surface area contributed by atoms with Crippen LogP contribution in [0.1, 0.15) is 194 Å². The average Bonchev–Trinajstić information content (AvgIpc) is 3.13. The molecule has 324 valence electrons. The summed E-state index contributed by atoms with van der Waals surface area (Å²) in [5, 5.41) is 40.2. The van der Waals surface area contributed by atoms with Crippen molar-refractivity contribution in [1.82, 2.24) is 0 Å². The van der Waals surface area contributed by atoms with Crippen LogP contribution in [0.15, 0.2) is 0 Å². The van der Waals surface area contributed by atoms with Gasteiger partial charge in [0.25, 0.3) is 0 Å². The van der Waals surface area contributed by atoms with Crippen molar-refractivity contribution in [3.05, 3.63) is 0 Å². The molecule has 0 radical (unpaired) electrons. The first-order chi connectivity index (χ1) is 26.0. The topological polar surface area (TPSA) is 168 Å². The first-order valence-corrected chi connectivity index (χ1v) is 25.9. The summed E-state index contributed by atoms with van der Waals surface area (Å²) < 4.78 is 64.0. The van der Waals surface area contributed by atoms with Crippen LogP contribution in [0.25, 0.3) is 0 Å². The third kappa shape index (κ3) is 26.6. The Morgan fingerprint density at radius 2 is 0.796 bits per heavy atom. The average molecular weight is 813 g/mol. The second-order valence-electron chi connectivity index (χ2n) is 16.3. The summed E-state index contributed by atoms with van der Waals surface area (Å²) in [5.41, 5.74) is 0. The fraction of sp³-hybridized carbons (Fsp3) is 1.00. The Morgan fingerprint density at radius 1 is 0.481 bits per heavy atom. The molecule has 5 atom stereocenters. The predicted molar refractivity (Wildman–Crippen MR) is 221 cm³/mol. The Morgan fingerprint density at radius 3 is 1.11 bits per heavy atom. The highest BCUT2D eigenvalue weighted by molar-refractivity contribution is 7.92. The first kappa shape index (κ1) is 51.7. The van der Waals surface area contributed by atoms with Crippen molar-refractivity contribution < 1.29 is 46.7 Å². The van der Waals surface area contributed by atoms with Crippen LogP contribution in [0.2, 0.25) is 0 Å². The van der Waals surface area contributed by atoms with Crippen LogP contribution in [-0.4, -0.2) is 104 Å². The number of unbranched alkanes of at least 4 members (excludes halogenated alkanes) is 26. The van der Waals surface area contributed by atoms with Gasteiger partial charge >= 0.3 is 0 Å². The van der Waals surface area contributed by atoms with Gasteiger partial charge < -0.3 is 29.9 Å². The van der Waals surface area contributed by atoms with Gasteiger partial charge in [-0.3, -0.25) is 0 Å². The van der Waals surface area contributed by atoms with Gasteiger partial charge in [0, 0.05) is 5.92 Å². The van der Waals surface area contributed by atoms with Gasteiger partial charge in [0.1, 0.15) is 24.4 Å². The Kier molecular flexibility index (Phi) is 31.2. The fourth-order valence-electron chi connectivity index (χ4n) is 7.50. The van der Waals surface area contributed by atoms with Crippen LogP contribution in [0.3, 0.4) is 0 Å². The molecule has 0 bridgehead atoms. The highest BCUT2D eigenvalue weighted by atomic mass is 32.2. The Bertz CT molecular complexity index is 1000. The summed E-state index contributed by atoms with van der Waals surface area (Å²) in [5.74, 6) is -1.70. The standard InChI is InChI=1S/C42H84O10S2/c1-3-5-7-9-11-13-15-17-19-21-23-25-27-29-31-53(47,48)35-37(34-51-42-41(46)40(45)39(44)38(33-43)52-42)36-54(49,50)32-30-28-26-24-22-20-18-16-14-12-10-8-6-4-2/h37-46H,3-36H2,1-2H3/t38-,39+,40+,41-,42+/m1/s1. The molecule has 1 heterocycles. The monoisotopic (exact) mass is 813 g/mol. The number of ether oxygens (including phenoxy) is 2. The number of hydrogen-bond acceptors (Lipinski definition) is 10. The Balaban J connectivity index is 2.49. The van der Waals surface area contributed by atoms with Crippen LogP contribution in [0, 0.1) is 5.92 Å². The van der Waals surface area contributed by atoms with Crippen LogP contribution < -0.4 is 0 Å². The second-order valence-corrected chi connectivity index (χ2v) is 20.8. The molecule has 4 N–H and O–H groups in total. The van der Waals surface area contributed by atoms with Crippen molar-refractivity contribution in [1.29, 1.82) is 0 Å². The van der Waals surface area contributed by atoms with E-state index in [1.54, 1.807) is 0 Å². The minimum absolute atomic E-state index is 0.0272. The smallest absolute Gasteiger partial charge is 0.186 e. The summed E-state index contributed by atoms with van der Waals surface area (Å²) in [4.78, 5) is 0. The number of rotatable bonds is 38. The van der Waals surface area contributed by atoms with E-state index < -0.39 is 62.9 Å². The lowest BCUT2D eigenvalue weighted by atomic mass is 9.99. The molecule has 0 unspecified atom stereocenters. The van der Waals surface area contributed by atoms with Crippen molar-refractivity contribution in [2.24, 2.45) is 5.92 Å². The van der Waals surface area contributed by atoms with E-state index in [1.165, 1.54) is 116 Å². The third-order valence-corrected chi connectivity index (χ3v) is 14.7. The van der Waals surface area contributed by atoms with E-state index in [0.29, 0.717) is 12.8 Å². The van der Waals surface area contributed by atoms with Gasteiger partial charge in [-0.1, -0.05) is 181 Å². The Hall–Kier alpha value is -0.340. The molecular formula is C42H84O10S2. The van der Waals surface area contributed by atoms with Crippen molar-refractivity contribution in [3.8, 4) is 0 Å². The van der Waals surface area contributed by atoms with Crippen molar-refractivity contribution >= 4 is 19.7 Å². The fourth-order valence-corrected chi connectivity index (χ4v) is 11.1. The van der Waals surface area contributed by atoms with E-state index in [-0.39, 0.29) is 29.6 Å². The maximum atomic E-state index is 13.2. The van der Waals surface area contributed by atoms with Gasteiger partial charge in [0.2, 0.25) is 0 Å². The lowest BCUT2D eigenvalue weighted by Crippen LogP contribution is -2.59. The molecule has 1 aliphatic heterocycles. The molecule has 0 aliphatic carbocycles. The molecule has 0 spiro atoms. The van der Waals surface area contributed by atoms with Crippen molar-refractivity contribution in [3.63, 3.8) is 0 Å². The molecule has 1 fully saturated rings. The normalized spacial score (nSPS) is 21.0. The van der Waals surface area contributed by atoms with Crippen LogP contribution in [0.4, 0.5) is 0 Å². The molecule has 54 heavy (non-hydrogen) atoms. The molecule has 0 aromatic carbocycles. The summed E-state index contributed by atoms with van der Waals surface area (Å²) in [6.07, 6.45) is 25.1. The highest BCUT2D eigenvalue weighted by Gasteiger charge is 2.44. The lowest BCUT2D eigenvalue weighted by Gasteiger charge is -2.40. The summed E-state index contributed by atoms with van der Waals surface area (Å²) in [6.45, 7) is 3.51. The molecule has 0 amide bonds. The largest absolute Gasteiger partial charge is 0.394 e. The first-order valence-electron chi connectivity index (χ1n) is 22.3. The molecular weight excluding hydrogens is 729 g/mol. The van der Waals surface area contributed by atoms with Gasteiger partial charge in [-0.2, -0.15) is 0 Å². The zero-order valence-electron chi connectivity index (χ0n) is 34.6. The zero-order valence-corrected chi connectivity index (χ0v) is 36.2. The van der Waals surface area contributed by atoms with E-state index in [9.17, 15) is 37.3 Å². The molecule has 1 aliphatic rings. The highest BCUT2D eigenvalue weighted by Crippen LogP contribution is 2.24. The van der Waals surface area contributed by atoms with Crippen molar-refractivity contribution in [2.45, 2.75) is 224 Å². The van der Waals surface area contributed by atoms with Crippen LogP contribution in [0.5, 0.6) is 0 Å². The van der Waals surface area contributed by atoms with Gasteiger partial charge in [-0.15, -0.1) is 0 Å². The Labute approximate surface area is 331 Å². The van der Waals surface area contributed by atoms with Crippen LogP contribution >= 0.6 is 0 Å². The molecule has 12 heteroatoms. The summed E-state index contributed by atoms with van der Waals surface area (Å²) in [6, 6.07) is 0. The van der Waals surface area contributed by atoms with Crippen LogP contribution in [-0.2, 0) is 29.1 Å². The maximum absolute atomic E-state index is 13.2. The second kappa shape index (κ2) is 32.6. The lowest BCUT2D eigenvalue weighted by molar-refractivity contribution is -0.302. The molecule has 0 aromatic heterocycles.